The largest absolute Gasteiger partial charge is 0.394 e. The zero-order valence-electron chi connectivity index (χ0n) is 18.2. The monoisotopic (exact) mass is 466 g/mol. The number of rotatable bonds is 6. The van der Waals surface area contributed by atoms with Gasteiger partial charge in [-0.15, -0.1) is 0 Å². The molecule has 3 rings (SSSR count). The molecule has 0 aromatic heterocycles. The fraction of sp³-hybridized carbons (Fsp3) is 0.571. The Morgan fingerprint density at radius 2 is 1.81 bits per heavy atom. The molecule has 4 atom stereocenters. The Morgan fingerprint density at radius 1 is 1.19 bits per heavy atom. The Kier molecular flexibility index (Phi) is 7.89. The lowest BCUT2D eigenvalue weighted by Gasteiger charge is -2.36. The molecule has 1 aromatic rings. The van der Waals surface area contributed by atoms with Gasteiger partial charge in [0, 0.05) is 31.9 Å². The van der Waals surface area contributed by atoms with Gasteiger partial charge in [0.15, 0.2) is 4.91 Å². The minimum Gasteiger partial charge on any atom is -0.394 e. The van der Waals surface area contributed by atoms with Crippen molar-refractivity contribution in [2.75, 3.05) is 51.3 Å². The van der Waals surface area contributed by atoms with E-state index in [4.69, 9.17) is 9.84 Å². The number of aliphatic hydroxyl groups excluding tert-OH is 3. The second-order valence-corrected chi connectivity index (χ2v) is 9.82. The molecule has 0 saturated carbocycles. The van der Waals surface area contributed by atoms with Crippen molar-refractivity contribution < 1.29 is 28.5 Å². The fourth-order valence-corrected chi connectivity index (χ4v) is 5.23. The highest BCUT2D eigenvalue weighted by Gasteiger charge is 2.40. The number of ether oxygens (including phenoxy) is 1. The van der Waals surface area contributed by atoms with Crippen molar-refractivity contribution in [2.45, 2.75) is 31.3 Å². The zero-order chi connectivity index (χ0) is 23.5. The molecule has 176 valence electrons. The summed E-state index contributed by atoms with van der Waals surface area (Å²) in [5.41, 5.74) is 1.89. The van der Waals surface area contributed by atoms with Crippen molar-refractivity contribution in [3.63, 3.8) is 0 Å². The molecule has 2 aliphatic rings. The van der Waals surface area contributed by atoms with Crippen molar-refractivity contribution in [3.8, 4) is 6.07 Å². The summed E-state index contributed by atoms with van der Waals surface area (Å²) in [6, 6.07) is 7.96. The van der Waals surface area contributed by atoms with Gasteiger partial charge >= 0.3 is 0 Å². The van der Waals surface area contributed by atoms with Crippen LogP contribution < -0.4 is 9.62 Å². The van der Waals surface area contributed by atoms with Crippen molar-refractivity contribution in [1.29, 1.82) is 5.26 Å². The maximum Gasteiger partial charge on any atom is 0.251 e. The van der Waals surface area contributed by atoms with Crippen molar-refractivity contribution in [3.05, 3.63) is 34.7 Å². The number of nitrogens with zero attached hydrogens (tertiary/aromatic N) is 3. The molecule has 0 amide bonds. The first-order chi connectivity index (χ1) is 15.2. The lowest BCUT2D eigenvalue weighted by molar-refractivity contribution is -0.158. The van der Waals surface area contributed by atoms with E-state index < -0.39 is 45.9 Å². The molecular formula is C21H30N4O6S. The van der Waals surface area contributed by atoms with Crippen molar-refractivity contribution in [1.82, 2.24) is 9.62 Å². The number of anilines is 1. The molecule has 1 aromatic carbocycles. The Labute approximate surface area is 188 Å². The van der Waals surface area contributed by atoms with Gasteiger partial charge in [0.05, 0.1) is 19.3 Å². The molecule has 2 fully saturated rings. The van der Waals surface area contributed by atoms with Crippen LogP contribution in [0.5, 0.6) is 0 Å². The Morgan fingerprint density at radius 3 is 2.38 bits per heavy atom. The highest BCUT2D eigenvalue weighted by molar-refractivity contribution is 7.93. The highest BCUT2D eigenvalue weighted by Crippen LogP contribution is 2.26. The molecule has 0 bridgehead atoms. The quantitative estimate of drug-likeness (QED) is 0.392. The standard InChI is InChI=1S/C21H30N4O6S/c1-14(15-3-5-16(6-4-15)25-9-7-24(2)8-10-25)19(11-22)32(29,30)23-17-13-31-18(12-26)21(28)20(17)27/h3-6,17-18,20-21,23,26-28H,7-10,12-13H2,1-2H3/b19-14+/t17-,18+,20+,21+/m0/s1. The van der Waals surface area contributed by atoms with E-state index in [-0.39, 0.29) is 12.2 Å². The van der Waals surface area contributed by atoms with Gasteiger partial charge in [0.25, 0.3) is 10.0 Å². The van der Waals surface area contributed by atoms with Gasteiger partial charge in [-0.25, -0.2) is 13.1 Å². The first-order valence-electron chi connectivity index (χ1n) is 10.4. The minimum absolute atomic E-state index is 0.250. The second kappa shape index (κ2) is 10.3. The summed E-state index contributed by atoms with van der Waals surface area (Å²) in [5.74, 6) is 0. The number of allylic oxidation sites excluding steroid dienone is 2. The maximum absolute atomic E-state index is 12.9. The number of nitrogens with one attached hydrogen (secondary N) is 1. The van der Waals surface area contributed by atoms with E-state index in [1.165, 1.54) is 0 Å². The normalized spacial score (nSPS) is 28.2. The van der Waals surface area contributed by atoms with E-state index in [9.17, 15) is 23.9 Å². The minimum atomic E-state index is -4.30. The van der Waals surface area contributed by atoms with Gasteiger partial charge in [-0.1, -0.05) is 12.1 Å². The SMILES string of the molecule is C/C(=C(/C#N)S(=O)(=O)N[C@H]1CO[C@H](CO)[C@@H](O)[C@@H]1O)c1ccc(N2CCN(C)CC2)cc1. The second-order valence-electron chi connectivity index (χ2n) is 8.17. The number of piperazine rings is 1. The molecule has 0 aliphatic carbocycles. The van der Waals surface area contributed by atoms with Gasteiger partial charge in [0.2, 0.25) is 0 Å². The molecule has 0 spiro atoms. The number of likely N-dealkylation sites (N-methyl/N-ethyl adjacent to an activating group) is 1. The van der Waals surface area contributed by atoms with Gasteiger partial charge < -0.3 is 29.9 Å². The van der Waals surface area contributed by atoms with Crippen LogP contribution in [-0.4, -0.2) is 99.4 Å². The first kappa shape index (κ1) is 24.6. The number of sulfonamides is 1. The Balaban J connectivity index is 1.78. The highest BCUT2D eigenvalue weighted by atomic mass is 32.2. The predicted molar refractivity (Wildman–Crippen MR) is 119 cm³/mol. The molecule has 11 heteroatoms. The molecule has 2 saturated heterocycles. The molecule has 2 aliphatic heterocycles. The first-order valence-corrected chi connectivity index (χ1v) is 11.9. The van der Waals surface area contributed by atoms with E-state index in [0.29, 0.717) is 5.56 Å². The zero-order valence-corrected chi connectivity index (χ0v) is 19.0. The van der Waals surface area contributed by atoms with Crippen LogP contribution in [0.3, 0.4) is 0 Å². The smallest absolute Gasteiger partial charge is 0.251 e. The van der Waals surface area contributed by atoms with Crippen LogP contribution in [0.4, 0.5) is 5.69 Å². The topological polar surface area (TPSA) is 146 Å². The summed E-state index contributed by atoms with van der Waals surface area (Å²) in [7, 11) is -2.22. The lowest BCUT2D eigenvalue weighted by Crippen LogP contribution is -2.59. The average molecular weight is 467 g/mol. The van der Waals surface area contributed by atoms with Crippen LogP contribution in [-0.2, 0) is 14.8 Å². The number of hydrogen-bond acceptors (Lipinski definition) is 9. The summed E-state index contributed by atoms with van der Waals surface area (Å²) in [5, 5.41) is 38.9. The molecule has 4 N–H and O–H groups in total. The van der Waals surface area contributed by atoms with Gasteiger partial charge in [0.1, 0.15) is 24.4 Å². The average Bonchev–Trinajstić information content (AvgIpc) is 2.78. The summed E-state index contributed by atoms with van der Waals surface area (Å²) in [4.78, 5) is 4.03. The molecule has 32 heavy (non-hydrogen) atoms. The molecule has 10 nitrogen and oxygen atoms in total. The van der Waals surface area contributed by atoms with E-state index in [0.717, 1.165) is 31.9 Å². The molecular weight excluding hydrogens is 436 g/mol. The summed E-state index contributed by atoms with van der Waals surface area (Å²) < 4.78 is 33.2. The third-order valence-corrected chi connectivity index (χ3v) is 7.55. The lowest BCUT2D eigenvalue weighted by atomic mass is 9.99. The predicted octanol–water partition coefficient (Wildman–Crippen LogP) is -0.906. The van der Waals surface area contributed by atoms with Crippen LogP contribution in [0.25, 0.3) is 5.57 Å². The van der Waals surface area contributed by atoms with Crippen LogP contribution in [0.1, 0.15) is 12.5 Å². The summed E-state index contributed by atoms with van der Waals surface area (Å²) in [6.07, 6.45) is -3.95. The number of aliphatic hydroxyl groups is 3. The van der Waals surface area contributed by atoms with E-state index in [1.807, 2.05) is 12.1 Å². The van der Waals surface area contributed by atoms with Gasteiger partial charge in [-0.2, -0.15) is 5.26 Å². The van der Waals surface area contributed by atoms with Crippen LogP contribution in [0, 0.1) is 11.3 Å². The van der Waals surface area contributed by atoms with Crippen molar-refractivity contribution >= 4 is 21.3 Å². The Bertz CT molecular complexity index is 967. The van der Waals surface area contributed by atoms with Crippen LogP contribution in [0.2, 0.25) is 0 Å². The molecule has 0 radical (unpaired) electrons. The van der Waals surface area contributed by atoms with Gasteiger partial charge in [-0.05, 0) is 37.2 Å². The maximum atomic E-state index is 12.9. The third kappa shape index (κ3) is 5.29. The fourth-order valence-electron chi connectivity index (χ4n) is 3.87. The van der Waals surface area contributed by atoms with Crippen LogP contribution >= 0.6 is 0 Å². The number of hydrogen-bond donors (Lipinski definition) is 4. The van der Waals surface area contributed by atoms with Crippen LogP contribution in [0.15, 0.2) is 29.2 Å². The molecule has 2 heterocycles. The van der Waals surface area contributed by atoms with E-state index in [2.05, 4.69) is 21.6 Å². The summed E-state index contributed by atoms with van der Waals surface area (Å²) >= 11 is 0. The van der Waals surface area contributed by atoms with E-state index in [1.54, 1.807) is 25.1 Å². The van der Waals surface area contributed by atoms with Gasteiger partial charge in [-0.3, -0.25) is 0 Å². The van der Waals surface area contributed by atoms with E-state index >= 15 is 0 Å². The number of benzene rings is 1. The number of nitriles is 1. The summed E-state index contributed by atoms with van der Waals surface area (Å²) in [6.45, 7) is 4.53. The Hall–Kier alpha value is -2.04. The molecule has 0 unspecified atom stereocenters. The third-order valence-electron chi connectivity index (χ3n) is 6.00. The van der Waals surface area contributed by atoms with Crippen molar-refractivity contribution in [2.24, 2.45) is 0 Å².